The van der Waals surface area contributed by atoms with Crippen LogP contribution in [0.25, 0.3) is 5.69 Å². The van der Waals surface area contributed by atoms with Gasteiger partial charge in [-0.25, -0.2) is 13.5 Å². The molecule has 1 aromatic carbocycles. The van der Waals surface area contributed by atoms with E-state index in [0.29, 0.717) is 12.0 Å². The second kappa shape index (κ2) is 3.84. The molecule has 1 heterocycles. The lowest BCUT2D eigenvalue weighted by molar-refractivity contribution is 0.112. The van der Waals surface area contributed by atoms with Gasteiger partial charge in [0.25, 0.3) is 0 Å². The van der Waals surface area contributed by atoms with E-state index in [9.17, 15) is 13.6 Å². The average molecular weight is 222 g/mol. The first-order valence-electron chi connectivity index (χ1n) is 4.58. The SMILES string of the molecule is Cc1ccn(-c2c(F)cc(C=O)cc2F)n1. The molecule has 0 spiro atoms. The third kappa shape index (κ3) is 1.71. The van der Waals surface area contributed by atoms with Crippen molar-refractivity contribution >= 4 is 6.29 Å². The van der Waals surface area contributed by atoms with E-state index in [1.165, 1.54) is 6.20 Å². The van der Waals surface area contributed by atoms with Crippen LogP contribution in [-0.4, -0.2) is 16.1 Å². The van der Waals surface area contributed by atoms with Gasteiger partial charge in [-0.15, -0.1) is 0 Å². The van der Waals surface area contributed by atoms with E-state index in [0.717, 1.165) is 16.8 Å². The lowest BCUT2D eigenvalue weighted by Crippen LogP contribution is -2.03. The highest BCUT2D eigenvalue weighted by atomic mass is 19.1. The fourth-order valence-corrected chi connectivity index (χ4v) is 1.41. The van der Waals surface area contributed by atoms with Crippen molar-refractivity contribution < 1.29 is 13.6 Å². The molecule has 0 atom stereocenters. The summed E-state index contributed by atoms with van der Waals surface area (Å²) in [5, 5.41) is 3.91. The van der Waals surface area contributed by atoms with Crippen LogP contribution in [0.15, 0.2) is 24.4 Å². The fourth-order valence-electron chi connectivity index (χ4n) is 1.41. The zero-order chi connectivity index (χ0) is 11.7. The molecule has 1 aromatic heterocycles. The number of aromatic nitrogens is 2. The van der Waals surface area contributed by atoms with E-state index in [4.69, 9.17) is 0 Å². The van der Waals surface area contributed by atoms with Gasteiger partial charge in [0.1, 0.15) is 12.0 Å². The van der Waals surface area contributed by atoms with E-state index >= 15 is 0 Å². The maximum absolute atomic E-state index is 13.5. The fraction of sp³-hybridized carbons (Fsp3) is 0.0909. The van der Waals surface area contributed by atoms with Crippen LogP contribution >= 0.6 is 0 Å². The minimum atomic E-state index is -0.815. The number of rotatable bonds is 2. The second-order valence-corrected chi connectivity index (χ2v) is 3.35. The molecule has 2 aromatic rings. The number of carbonyl (C=O) groups is 1. The molecule has 5 heteroatoms. The lowest BCUT2D eigenvalue weighted by Gasteiger charge is -2.05. The second-order valence-electron chi connectivity index (χ2n) is 3.35. The van der Waals surface area contributed by atoms with E-state index in [1.807, 2.05) is 0 Å². The molecule has 3 nitrogen and oxygen atoms in total. The lowest BCUT2D eigenvalue weighted by atomic mass is 10.2. The van der Waals surface area contributed by atoms with Gasteiger partial charge in [-0.2, -0.15) is 5.10 Å². The molecule has 0 N–H and O–H groups in total. The molecule has 0 saturated heterocycles. The van der Waals surface area contributed by atoms with Gasteiger partial charge in [-0.3, -0.25) is 4.79 Å². The summed E-state index contributed by atoms with van der Waals surface area (Å²) in [6, 6.07) is 3.58. The molecule has 0 unspecified atom stereocenters. The first-order chi connectivity index (χ1) is 7.61. The molecule has 0 aliphatic carbocycles. The van der Waals surface area contributed by atoms with E-state index in [-0.39, 0.29) is 11.3 Å². The highest BCUT2D eigenvalue weighted by Crippen LogP contribution is 2.18. The van der Waals surface area contributed by atoms with Crippen LogP contribution in [0.3, 0.4) is 0 Å². The van der Waals surface area contributed by atoms with Crippen LogP contribution < -0.4 is 0 Å². The number of halogens is 2. The Labute approximate surface area is 90.3 Å². The summed E-state index contributed by atoms with van der Waals surface area (Å²) < 4.78 is 28.2. The third-order valence-corrected chi connectivity index (χ3v) is 2.13. The molecule has 82 valence electrons. The van der Waals surface area contributed by atoms with E-state index < -0.39 is 11.6 Å². The van der Waals surface area contributed by atoms with Crippen LogP contribution in [0.5, 0.6) is 0 Å². The van der Waals surface area contributed by atoms with Crippen LogP contribution in [-0.2, 0) is 0 Å². The normalized spacial score (nSPS) is 10.4. The molecule has 16 heavy (non-hydrogen) atoms. The maximum Gasteiger partial charge on any atom is 0.152 e. The minimum absolute atomic E-state index is 0.0392. The largest absolute Gasteiger partial charge is 0.298 e. The topological polar surface area (TPSA) is 34.9 Å². The number of aryl methyl sites for hydroxylation is 1. The summed E-state index contributed by atoms with van der Waals surface area (Å²) >= 11 is 0. The van der Waals surface area contributed by atoms with Crippen molar-refractivity contribution in [1.82, 2.24) is 9.78 Å². The highest BCUT2D eigenvalue weighted by molar-refractivity contribution is 5.75. The molecular weight excluding hydrogens is 214 g/mol. The molecule has 0 aliphatic heterocycles. The third-order valence-electron chi connectivity index (χ3n) is 2.13. The van der Waals surface area contributed by atoms with Gasteiger partial charge >= 0.3 is 0 Å². The molecule has 0 bridgehead atoms. The van der Waals surface area contributed by atoms with Crippen molar-refractivity contribution in [3.05, 3.63) is 47.3 Å². The van der Waals surface area contributed by atoms with Gasteiger partial charge in [0.2, 0.25) is 0 Å². The Bertz CT molecular complexity index is 526. The highest BCUT2D eigenvalue weighted by Gasteiger charge is 2.13. The first-order valence-corrected chi connectivity index (χ1v) is 4.58. The predicted octanol–water partition coefficient (Wildman–Crippen LogP) is 2.27. The number of carbonyl (C=O) groups excluding carboxylic acids is 1. The quantitative estimate of drug-likeness (QED) is 0.730. The Morgan fingerprint density at radius 2 is 1.94 bits per heavy atom. The van der Waals surface area contributed by atoms with Crippen LogP contribution in [0.4, 0.5) is 8.78 Å². The number of nitrogens with zero attached hydrogens (tertiary/aromatic N) is 2. The zero-order valence-corrected chi connectivity index (χ0v) is 8.45. The molecular formula is C11H8F2N2O. The Balaban J connectivity index is 2.61. The molecule has 0 saturated carbocycles. The number of hydrogen-bond acceptors (Lipinski definition) is 2. The summed E-state index contributed by atoms with van der Waals surface area (Å²) in [5.41, 5.74) is 0.333. The van der Waals surface area contributed by atoms with E-state index in [1.54, 1.807) is 13.0 Å². The number of benzene rings is 1. The van der Waals surface area contributed by atoms with Crippen molar-refractivity contribution in [1.29, 1.82) is 0 Å². The molecule has 0 fully saturated rings. The van der Waals surface area contributed by atoms with Crippen LogP contribution in [0, 0.1) is 18.6 Å². The van der Waals surface area contributed by atoms with Gasteiger partial charge in [0, 0.05) is 11.8 Å². The first kappa shape index (κ1) is 10.5. The van der Waals surface area contributed by atoms with Crippen molar-refractivity contribution in [2.45, 2.75) is 6.92 Å². The summed E-state index contributed by atoms with van der Waals surface area (Å²) in [4.78, 5) is 10.4. The predicted molar refractivity (Wildman–Crippen MR) is 53.6 cm³/mol. The Morgan fingerprint density at radius 3 is 2.38 bits per heavy atom. The summed E-state index contributed by atoms with van der Waals surface area (Å²) in [6.07, 6.45) is 1.85. The number of hydrogen-bond donors (Lipinski definition) is 0. The van der Waals surface area contributed by atoms with Crippen molar-refractivity contribution in [2.24, 2.45) is 0 Å². The van der Waals surface area contributed by atoms with Crippen LogP contribution in [0.2, 0.25) is 0 Å². The zero-order valence-electron chi connectivity index (χ0n) is 8.45. The molecule has 0 amide bonds. The monoisotopic (exact) mass is 222 g/mol. The van der Waals surface area contributed by atoms with Crippen molar-refractivity contribution in [3.63, 3.8) is 0 Å². The molecule has 2 rings (SSSR count). The summed E-state index contributed by atoms with van der Waals surface area (Å²) in [7, 11) is 0. The standard InChI is InChI=1S/C11H8F2N2O/c1-7-2-3-15(14-7)11-9(12)4-8(6-16)5-10(11)13/h2-6H,1H3. The average Bonchev–Trinajstić information content (AvgIpc) is 2.63. The Morgan fingerprint density at radius 1 is 1.31 bits per heavy atom. The van der Waals surface area contributed by atoms with Crippen molar-refractivity contribution in [2.75, 3.05) is 0 Å². The van der Waals surface area contributed by atoms with Gasteiger partial charge in [-0.05, 0) is 25.1 Å². The Hall–Kier alpha value is -2.04. The van der Waals surface area contributed by atoms with Gasteiger partial charge in [0.15, 0.2) is 11.6 Å². The number of aldehydes is 1. The van der Waals surface area contributed by atoms with Gasteiger partial charge in [0.05, 0.1) is 5.69 Å². The summed E-state index contributed by atoms with van der Waals surface area (Å²) in [5.74, 6) is -1.63. The Kier molecular flexibility index (Phi) is 2.52. The van der Waals surface area contributed by atoms with E-state index in [2.05, 4.69) is 5.10 Å². The summed E-state index contributed by atoms with van der Waals surface area (Å²) in [6.45, 7) is 1.71. The van der Waals surface area contributed by atoms with Crippen molar-refractivity contribution in [3.8, 4) is 5.69 Å². The smallest absolute Gasteiger partial charge is 0.152 e. The molecule has 0 aliphatic rings. The molecule has 0 radical (unpaired) electrons. The maximum atomic E-state index is 13.5. The van der Waals surface area contributed by atoms with Gasteiger partial charge in [-0.1, -0.05) is 0 Å². The van der Waals surface area contributed by atoms with Gasteiger partial charge < -0.3 is 0 Å². The minimum Gasteiger partial charge on any atom is -0.298 e. The van der Waals surface area contributed by atoms with Crippen LogP contribution in [0.1, 0.15) is 16.1 Å².